The number of pyridine rings is 1. The van der Waals surface area contributed by atoms with Crippen molar-refractivity contribution in [3.63, 3.8) is 0 Å². The first-order valence-corrected chi connectivity index (χ1v) is 9.74. The van der Waals surface area contributed by atoms with Crippen molar-refractivity contribution >= 4 is 53.8 Å². The minimum absolute atomic E-state index is 0. The lowest BCUT2D eigenvalue weighted by Crippen LogP contribution is -2.61. The van der Waals surface area contributed by atoms with E-state index in [0.717, 1.165) is 34.9 Å². The molecule has 29 heavy (non-hydrogen) atoms. The standard InChI is InChI=1S/C21H25N5O.2ClH/c1-11-15-8-13(21(15,2)3)9-16(11)24-20-25-17(19(27)26-20)7-12-10-23-18-14(12)5-4-6-22-18;;/h4-7,10-11,13,15-16H,8-9H2,1-3H3,(H,22,23)(H2,24,25,26,27);2*1H/b17-7-;;/t11-,13?,15-,16-;;/m1../s1. The van der Waals surface area contributed by atoms with Crippen molar-refractivity contribution in [2.45, 2.75) is 39.7 Å². The number of amides is 1. The van der Waals surface area contributed by atoms with Crippen LogP contribution < -0.4 is 10.6 Å². The molecule has 6 rings (SSSR count). The van der Waals surface area contributed by atoms with Gasteiger partial charge in [0.2, 0.25) is 5.96 Å². The van der Waals surface area contributed by atoms with Crippen LogP contribution >= 0.6 is 24.8 Å². The molecule has 6 nitrogen and oxygen atoms in total. The minimum atomic E-state index is -0.162. The molecule has 1 amide bonds. The van der Waals surface area contributed by atoms with Crippen LogP contribution in [0.4, 0.5) is 0 Å². The number of aliphatic imine (C=N–C) groups is 1. The topological polar surface area (TPSA) is 82.2 Å². The minimum Gasteiger partial charge on any atom is -0.353 e. The molecule has 156 valence electrons. The van der Waals surface area contributed by atoms with Crippen molar-refractivity contribution in [1.29, 1.82) is 0 Å². The molecule has 2 bridgehead atoms. The molecule has 2 aromatic heterocycles. The van der Waals surface area contributed by atoms with E-state index in [1.165, 1.54) is 6.42 Å². The first-order valence-electron chi connectivity index (χ1n) is 9.74. The number of guanidine groups is 1. The van der Waals surface area contributed by atoms with Gasteiger partial charge in [-0.25, -0.2) is 9.98 Å². The molecule has 3 fully saturated rings. The van der Waals surface area contributed by atoms with E-state index in [2.05, 4.69) is 46.4 Å². The number of H-pyrrole nitrogens is 1. The number of aromatic amines is 1. The van der Waals surface area contributed by atoms with Crippen LogP contribution in [-0.4, -0.2) is 27.9 Å². The molecule has 1 aliphatic heterocycles. The normalized spacial score (nSPS) is 30.7. The Bertz CT molecular complexity index is 996. The van der Waals surface area contributed by atoms with Gasteiger partial charge in [-0.2, -0.15) is 0 Å². The number of aromatic nitrogens is 2. The number of rotatable bonds is 2. The fourth-order valence-corrected chi connectivity index (χ4v) is 5.30. The van der Waals surface area contributed by atoms with Gasteiger partial charge in [-0.3, -0.25) is 10.1 Å². The highest BCUT2D eigenvalue weighted by Gasteiger charge is 2.56. The Morgan fingerprint density at radius 3 is 2.79 bits per heavy atom. The van der Waals surface area contributed by atoms with Crippen LogP contribution in [-0.2, 0) is 4.79 Å². The Morgan fingerprint density at radius 1 is 1.28 bits per heavy atom. The fourth-order valence-electron chi connectivity index (χ4n) is 5.30. The van der Waals surface area contributed by atoms with E-state index in [4.69, 9.17) is 0 Å². The van der Waals surface area contributed by atoms with E-state index in [1.807, 2.05) is 24.4 Å². The molecule has 3 saturated carbocycles. The molecule has 4 atom stereocenters. The molecule has 4 aliphatic rings. The smallest absolute Gasteiger partial charge is 0.276 e. The summed E-state index contributed by atoms with van der Waals surface area (Å²) in [5, 5.41) is 7.37. The number of nitrogens with one attached hydrogen (secondary N) is 3. The van der Waals surface area contributed by atoms with Gasteiger partial charge in [0.1, 0.15) is 11.3 Å². The van der Waals surface area contributed by atoms with Crippen LogP contribution in [0.5, 0.6) is 0 Å². The lowest BCUT2D eigenvalue weighted by atomic mass is 9.45. The van der Waals surface area contributed by atoms with Gasteiger partial charge in [-0.15, -0.1) is 24.8 Å². The van der Waals surface area contributed by atoms with Crippen LogP contribution in [0, 0.1) is 23.2 Å². The number of nitrogens with zero attached hydrogens (tertiary/aromatic N) is 2. The van der Waals surface area contributed by atoms with Crippen LogP contribution in [0.3, 0.4) is 0 Å². The number of hydrogen-bond acceptors (Lipinski definition) is 4. The summed E-state index contributed by atoms with van der Waals surface area (Å²) in [4.78, 5) is 24.3. The van der Waals surface area contributed by atoms with Crippen molar-refractivity contribution in [2.24, 2.45) is 28.2 Å². The Labute approximate surface area is 182 Å². The molecule has 3 heterocycles. The summed E-state index contributed by atoms with van der Waals surface area (Å²) in [6.07, 6.45) is 7.90. The lowest BCUT2D eigenvalue weighted by molar-refractivity contribution is -0.116. The third-order valence-electron chi connectivity index (χ3n) is 7.15. The number of fused-ring (bicyclic) bond motifs is 3. The van der Waals surface area contributed by atoms with E-state index in [1.54, 1.807) is 6.20 Å². The lowest BCUT2D eigenvalue weighted by Gasteiger charge is -2.62. The van der Waals surface area contributed by atoms with Gasteiger partial charge in [0.15, 0.2) is 0 Å². The average molecular weight is 436 g/mol. The van der Waals surface area contributed by atoms with Crippen molar-refractivity contribution in [2.75, 3.05) is 0 Å². The zero-order chi connectivity index (χ0) is 18.8. The highest BCUT2D eigenvalue weighted by atomic mass is 35.5. The van der Waals surface area contributed by atoms with Crippen LogP contribution in [0.15, 0.2) is 35.2 Å². The van der Waals surface area contributed by atoms with Crippen molar-refractivity contribution in [1.82, 2.24) is 20.6 Å². The molecule has 1 unspecified atom stereocenters. The molecular weight excluding hydrogens is 409 g/mol. The third-order valence-corrected chi connectivity index (χ3v) is 7.15. The summed E-state index contributed by atoms with van der Waals surface area (Å²) in [5.41, 5.74) is 2.61. The third kappa shape index (κ3) is 3.42. The number of carbonyl (C=O) groups excluding carboxylic acids is 1. The van der Waals surface area contributed by atoms with Gasteiger partial charge in [0, 0.05) is 29.4 Å². The summed E-state index contributed by atoms with van der Waals surface area (Å²) >= 11 is 0. The fraction of sp³-hybridized carbons (Fsp3) is 0.476. The Morgan fingerprint density at radius 2 is 2.07 bits per heavy atom. The second-order valence-electron chi connectivity index (χ2n) is 8.79. The molecule has 0 saturated heterocycles. The number of halogens is 2. The van der Waals surface area contributed by atoms with E-state index in [-0.39, 0.29) is 30.7 Å². The number of carbonyl (C=O) groups is 1. The van der Waals surface area contributed by atoms with Gasteiger partial charge in [0.25, 0.3) is 5.91 Å². The molecule has 0 radical (unpaired) electrons. The zero-order valence-electron chi connectivity index (χ0n) is 16.7. The first-order chi connectivity index (χ1) is 12.9. The first kappa shape index (κ1) is 21.7. The summed E-state index contributed by atoms with van der Waals surface area (Å²) < 4.78 is 0. The average Bonchev–Trinajstić information content (AvgIpc) is 3.20. The summed E-state index contributed by atoms with van der Waals surface area (Å²) in [6.45, 7) is 7.11. The quantitative estimate of drug-likeness (QED) is 0.625. The highest BCUT2D eigenvalue weighted by Crippen LogP contribution is 2.61. The van der Waals surface area contributed by atoms with Gasteiger partial charge in [-0.1, -0.05) is 20.8 Å². The van der Waals surface area contributed by atoms with Crippen LogP contribution in [0.2, 0.25) is 0 Å². The van der Waals surface area contributed by atoms with Crippen LogP contribution in [0.25, 0.3) is 17.1 Å². The van der Waals surface area contributed by atoms with Gasteiger partial charge >= 0.3 is 0 Å². The predicted octanol–water partition coefficient (Wildman–Crippen LogP) is 3.89. The summed E-state index contributed by atoms with van der Waals surface area (Å²) in [5.74, 6) is 2.52. The zero-order valence-corrected chi connectivity index (χ0v) is 18.4. The van der Waals surface area contributed by atoms with Crippen molar-refractivity contribution < 1.29 is 4.79 Å². The van der Waals surface area contributed by atoms with E-state index in [0.29, 0.717) is 29.0 Å². The SMILES string of the molecule is C[C@@H]1[C@H]2CC(C[C@H]1NC1=N/C(=C\c3c[nH]c4ncccc34)C(=O)N1)C2(C)C.Cl.Cl. The van der Waals surface area contributed by atoms with Crippen molar-refractivity contribution in [3.8, 4) is 0 Å². The molecule has 2 aromatic rings. The van der Waals surface area contributed by atoms with Crippen LogP contribution in [0.1, 0.15) is 39.2 Å². The van der Waals surface area contributed by atoms with Crippen molar-refractivity contribution in [3.05, 3.63) is 35.8 Å². The predicted molar refractivity (Wildman–Crippen MR) is 120 cm³/mol. The Kier molecular flexibility index (Phi) is 5.71. The maximum absolute atomic E-state index is 12.4. The largest absolute Gasteiger partial charge is 0.353 e. The van der Waals surface area contributed by atoms with E-state index < -0.39 is 0 Å². The monoisotopic (exact) mass is 435 g/mol. The molecule has 3 aliphatic carbocycles. The molecular formula is C21H27Cl2N5O. The Hall–Kier alpha value is -2.05. The molecule has 3 N–H and O–H groups in total. The maximum Gasteiger partial charge on any atom is 0.276 e. The van der Waals surface area contributed by atoms with Gasteiger partial charge < -0.3 is 10.3 Å². The second-order valence-corrected chi connectivity index (χ2v) is 8.79. The Balaban J connectivity index is 0.00000120. The van der Waals surface area contributed by atoms with E-state index in [9.17, 15) is 4.79 Å². The molecule has 8 heteroatoms. The van der Waals surface area contributed by atoms with E-state index >= 15 is 0 Å². The summed E-state index contributed by atoms with van der Waals surface area (Å²) in [7, 11) is 0. The number of hydrogen-bond donors (Lipinski definition) is 3. The molecule has 0 aromatic carbocycles. The summed E-state index contributed by atoms with van der Waals surface area (Å²) in [6, 6.07) is 4.25. The maximum atomic E-state index is 12.4. The second kappa shape index (κ2) is 7.65. The highest BCUT2D eigenvalue weighted by molar-refractivity contribution is 6.14. The van der Waals surface area contributed by atoms with Gasteiger partial charge in [-0.05, 0) is 54.2 Å². The molecule has 0 spiro atoms. The van der Waals surface area contributed by atoms with Gasteiger partial charge in [0.05, 0.1) is 0 Å².